The number of nitrogens with one attached hydrogen (secondary N) is 2. The Hall–Kier alpha value is -4.33. The third-order valence-electron chi connectivity index (χ3n) is 6.39. The molecule has 1 aliphatic rings. The number of rotatable bonds is 9. The molecule has 2 N–H and O–H groups in total. The average molecular weight is 502 g/mol. The second-order valence-corrected chi connectivity index (χ2v) is 9.07. The summed E-state index contributed by atoms with van der Waals surface area (Å²) in [6.45, 7) is 4.45. The third kappa shape index (κ3) is 6.46. The first-order chi connectivity index (χ1) is 17.8. The fourth-order valence-corrected chi connectivity index (χ4v) is 4.27. The van der Waals surface area contributed by atoms with E-state index in [2.05, 4.69) is 10.6 Å². The van der Waals surface area contributed by atoms with E-state index in [9.17, 15) is 14.4 Å². The third-order valence-corrected chi connectivity index (χ3v) is 6.39. The smallest absolute Gasteiger partial charge is 0.262 e. The molecule has 0 radical (unpaired) electrons. The Morgan fingerprint density at radius 3 is 2.24 bits per heavy atom. The summed E-state index contributed by atoms with van der Waals surface area (Å²) >= 11 is 0. The molecule has 1 saturated heterocycles. The molecule has 8 nitrogen and oxygen atoms in total. The van der Waals surface area contributed by atoms with E-state index in [1.54, 1.807) is 36.3 Å². The first-order valence-electron chi connectivity index (χ1n) is 12.1. The first kappa shape index (κ1) is 25.8. The molecule has 1 heterocycles. The molecule has 0 spiro atoms. The number of carbonyl (C=O) groups excluding carboxylic acids is 3. The van der Waals surface area contributed by atoms with Crippen molar-refractivity contribution in [3.8, 4) is 11.5 Å². The molecule has 37 heavy (non-hydrogen) atoms. The Morgan fingerprint density at radius 2 is 1.59 bits per heavy atom. The van der Waals surface area contributed by atoms with Gasteiger partial charge >= 0.3 is 0 Å². The Bertz CT molecular complexity index is 1250. The van der Waals surface area contributed by atoms with Gasteiger partial charge in [-0.1, -0.05) is 30.3 Å². The van der Waals surface area contributed by atoms with Crippen LogP contribution in [0.2, 0.25) is 0 Å². The van der Waals surface area contributed by atoms with E-state index in [0.29, 0.717) is 24.5 Å². The van der Waals surface area contributed by atoms with Crippen LogP contribution in [-0.2, 0) is 20.9 Å². The molecule has 1 atom stereocenters. The van der Waals surface area contributed by atoms with E-state index < -0.39 is 5.92 Å². The van der Waals surface area contributed by atoms with Gasteiger partial charge in [0.1, 0.15) is 11.5 Å². The number of ether oxygens (including phenoxy) is 2. The summed E-state index contributed by atoms with van der Waals surface area (Å²) in [5.41, 5.74) is 4.40. The topological polar surface area (TPSA) is 97.0 Å². The van der Waals surface area contributed by atoms with Crippen molar-refractivity contribution in [3.63, 3.8) is 0 Å². The maximum Gasteiger partial charge on any atom is 0.262 e. The zero-order chi connectivity index (χ0) is 26.4. The molecule has 0 unspecified atom stereocenters. The number of nitrogens with zero attached hydrogens (tertiary/aromatic N) is 1. The second-order valence-electron chi connectivity index (χ2n) is 9.07. The van der Waals surface area contributed by atoms with Crippen molar-refractivity contribution >= 4 is 29.1 Å². The zero-order valence-corrected chi connectivity index (χ0v) is 21.2. The first-order valence-corrected chi connectivity index (χ1v) is 12.1. The number of benzene rings is 3. The highest BCUT2D eigenvalue weighted by molar-refractivity contribution is 6.00. The highest BCUT2D eigenvalue weighted by Crippen LogP contribution is 2.27. The molecule has 8 heteroatoms. The number of methoxy groups -OCH3 is 1. The standard InChI is InChI=1S/C29H31N3O5/c1-19-5-4-6-20(2)28(19)31-26(33)18-37-25-13-9-23(10-14-25)32-17-22(15-27(32)34)29(35)30-16-21-7-11-24(36-3)12-8-21/h4-14,22H,15-18H2,1-3H3,(H,30,35)(H,31,33)/t22-/m0/s1. The molecular formula is C29H31N3O5. The molecule has 1 fully saturated rings. The van der Waals surface area contributed by atoms with Crippen LogP contribution < -0.4 is 25.0 Å². The average Bonchev–Trinajstić information content (AvgIpc) is 3.30. The van der Waals surface area contributed by atoms with Gasteiger partial charge in [0.2, 0.25) is 11.8 Å². The lowest BCUT2D eigenvalue weighted by molar-refractivity contribution is -0.126. The van der Waals surface area contributed by atoms with E-state index in [0.717, 1.165) is 28.1 Å². The van der Waals surface area contributed by atoms with Crippen LogP contribution in [0.4, 0.5) is 11.4 Å². The van der Waals surface area contributed by atoms with Gasteiger partial charge in [-0.15, -0.1) is 0 Å². The zero-order valence-electron chi connectivity index (χ0n) is 21.2. The van der Waals surface area contributed by atoms with Crippen molar-refractivity contribution < 1.29 is 23.9 Å². The molecule has 0 aromatic heterocycles. The number of hydrogen-bond donors (Lipinski definition) is 2. The lowest BCUT2D eigenvalue weighted by atomic mass is 10.1. The summed E-state index contributed by atoms with van der Waals surface area (Å²) in [4.78, 5) is 39.2. The van der Waals surface area contributed by atoms with E-state index in [-0.39, 0.29) is 30.7 Å². The van der Waals surface area contributed by atoms with E-state index in [1.165, 1.54) is 0 Å². The Balaban J connectivity index is 1.27. The van der Waals surface area contributed by atoms with Gasteiger partial charge in [-0.2, -0.15) is 0 Å². The summed E-state index contributed by atoms with van der Waals surface area (Å²) in [5.74, 6) is 0.340. The van der Waals surface area contributed by atoms with Crippen LogP contribution in [0.15, 0.2) is 66.7 Å². The van der Waals surface area contributed by atoms with Gasteiger partial charge in [-0.3, -0.25) is 14.4 Å². The molecule has 0 aliphatic carbocycles. The molecule has 1 aliphatic heterocycles. The Kier molecular flexibility index (Phi) is 8.08. The van der Waals surface area contributed by atoms with Gasteiger partial charge in [-0.25, -0.2) is 0 Å². The van der Waals surface area contributed by atoms with Crippen LogP contribution in [0, 0.1) is 19.8 Å². The number of anilines is 2. The summed E-state index contributed by atoms with van der Waals surface area (Å²) in [7, 11) is 1.60. The van der Waals surface area contributed by atoms with Crippen LogP contribution in [0.3, 0.4) is 0 Å². The Morgan fingerprint density at radius 1 is 0.946 bits per heavy atom. The summed E-state index contributed by atoms with van der Waals surface area (Å²) in [6, 6.07) is 20.2. The number of para-hydroxylation sites is 1. The van der Waals surface area contributed by atoms with E-state index in [1.807, 2.05) is 56.3 Å². The minimum atomic E-state index is -0.421. The fourth-order valence-electron chi connectivity index (χ4n) is 4.27. The second kappa shape index (κ2) is 11.6. The normalized spacial score (nSPS) is 14.8. The van der Waals surface area contributed by atoms with Gasteiger partial charge < -0.3 is 25.0 Å². The lowest BCUT2D eigenvalue weighted by Crippen LogP contribution is -2.32. The maximum absolute atomic E-state index is 12.7. The van der Waals surface area contributed by atoms with E-state index in [4.69, 9.17) is 9.47 Å². The Labute approximate surface area is 216 Å². The monoisotopic (exact) mass is 501 g/mol. The van der Waals surface area contributed by atoms with Gasteiger partial charge in [0.25, 0.3) is 5.91 Å². The number of hydrogen-bond acceptors (Lipinski definition) is 5. The minimum absolute atomic E-state index is 0.105. The predicted molar refractivity (Wildman–Crippen MR) is 142 cm³/mol. The van der Waals surface area contributed by atoms with Crippen LogP contribution >= 0.6 is 0 Å². The molecule has 3 amide bonds. The number of amides is 3. The highest BCUT2D eigenvalue weighted by atomic mass is 16.5. The SMILES string of the molecule is COc1ccc(CNC(=O)[C@H]2CC(=O)N(c3ccc(OCC(=O)Nc4c(C)cccc4C)cc3)C2)cc1. The maximum atomic E-state index is 12.7. The van der Waals surface area contributed by atoms with Crippen molar-refractivity contribution in [3.05, 3.63) is 83.4 Å². The molecule has 3 aromatic carbocycles. The van der Waals surface area contributed by atoms with Crippen molar-refractivity contribution in [2.24, 2.45) is 5.92 Å². The summed E-state index contributed by atoms with van der Waals surface area (Å²) < 4.78 is 10.8. The highest BCUT2D eigenvalue weighted by Gasteiger charge is 2.35. The molecular weight excluding hydrogens is 470 g/mol. The molecule has 4 rings (SSSR count). The van der Waals surface area contributed by atoms with Crippen LogP contribution in [0.1, 0.15) is 23.1 Å². The van der Waals surface area contributed by atoms with Crippen molar-refractivity contribution in [1.82, 2.24) is 5.32 Å². The molecule has 192 valence electrons. The van der Waals surface area contributed by atoms with Crippen LogP contribution in [0.5, 0.6) is 11.5 Å². The van der Waals surface area contributed by atoms with E-state index >= 15 is 0 Å². The van der Waals surface area contributed by atoms with Gasteiger partial charge in [0.05, 0.1) is 13.0 Å². The summed E-state index contributed by atoms with van der Waals surface area (Å²) in [5, 5.41) is 5.81. The van der Waals surface area contributed by atoms with Gasteiger partial charge in [0.15, 0.2) is 6.61 Å². The quantitative estimate of drug-likeness (QED) is 0.462. The molecule has 0 saturated carbocycles. The van der Waals surface area contributed by atoms with Gasteiger partial charge in [0, 0.05) is 30.9 Å². The van der Waals surface area contributed by atoms with Gasteiger partial charge in [-0.05, 0) is 66.9 Å². The van der Waals surface area contributed by atoms with Crippen molar-refractivity contribution in [2.45, 2.75) is 26.8 Å². The molecule has 3 aromatic rings. The van der Waals surface area contributed by atoms with Crippen molar-refractivity contribution in [2.75, 3.05) is 30.5 Å². The van der Waals surface area contributed by atoms with Crippen LogP contribution in [-0.4, -0.2) is 38.0 Å². The fraction of sp³-hybridized carbons (Fsp3) is 0.276. The molecule has 0 bridgehead atoms. The van der Waals surface area contributed by atoms with Crippen molar-refractivity contribution in [1.29, 1.82) is 0 Å². The number of carbonyl (C=O) groups is 3. The predicted octanol–water partition coefficient (Wildman–Crippen LogP) is 4.00. The largest absolute Gasteiger partial charge is 0.497 e. The minimum Gasteiger partial charge on any atom is -0.497 e. The number of aryl methyl sites for hydroxylation is 2. The lowest BCUT2D eigenvalue weighted by Gasteiger charge is -2.17. The van der Waals surface area contributed by atoms with Crippen LogP contribution in [0.25, 0.3) is 0 Å². The summed E-state index contributed by atoms with van der Waals surface area (Å²) in [6.07, 6.45) is 0.158.